The number of benzene rings is 4. The first-order chi connectivity index (χ1) is 20.6. The first-order valence-corrected chi connectivity index (χ1v) is 13.7. The van der Waals surface area contributed by atoms with Crippen LogP contribution in [0.15, 0.2) is 72.8 Å². The molecule has 8 heteroatoms. The van der Waals surface area contributed by atoms with E-state index in [1.807, 2.05) is 48.5 Å². The van der Waals surface area contributed by atoms with Gasteiger partial charge in [-0.3, -0.25) is 9.59 Å². The fraction of sp³-hybridized carbons (Fsp3) is 0.235. The Balaban J connectivity index is 0.877. The zero-order chi connectivity index (χ0) is 29.1. The third kappa shape index (κ3) is 5.34. The zero-order valence-corrected chi connectivity index (χ0v) is 23.4. The molecule has 0 amide bonds. The van der Waals surface area contributed by atoms with Crippen molar-refractivity contribution in [1.29, 1.82) is 0 Å². The van der Waals surface area contributed by atoms with E-state index >= 15 is 0 Å². The van der Waals surface area contributed by atoms with Gasteiger partial charge in [-0.1, -0.05) is 0 Å². The minimum absolute atomic E-state index is 0.0296. The van der Waals surface area contributed by atoms with Gasteiger partial charge in [0.15, 0.2) is 11.6 Å². The Hall–Kier alpha value is -4.66. The molecule has 0 radical (unpaired) electrons. The van der Waals surface area contributed by atoms with Gasteiger partial charge in [0.25, 0.3) is 0 Å². The minimum atomic E-state index is -0.0296. The number of hydrogen-bond donors (Lipinski definition) is 0. The number of ether oxygens (including phenoxy) is 6. The van der Waals surface area contributed by atoms with Crippen molar-refractivity contribution in [3.8, 4) is 45.3 Å². The van der Waals surface area contributed by atoms with Crippen molar-refractivity contribution >= 4 is 11.6 Å². The molecule has 6 rings (SSSR count). The summed E-state index contributed by atoms with van der Waals surface area (Å²) in [6.45, 7) is 2.31. The molecule has 0 saturated carbocycles. The van der Waals surface area contributed by atoms with Gasteiger partial charge in [0.2, 0.25) is 0 Å². The number of methoxy groups -OCH3 is 2. The quantitative estimate of drug-likeness (QED) is 0.167. The highest BCUT2D eigenvalue weighted by molar-refractivity contribution is 6.22. The topological polar surface area (TPSA) is 89.5 Å². The fourth-order valence-corrected chi connectivity index (χ4v) is 5.27. The molecule has 2 aliphatic rings. The summed E-state index contributed by atoms with van der Waals surface area (Å²) in [5.41, 5.74) is 6.16. The summed E-state index contributed by atoms with van der Waals surface area (Å²) in [5, 5.41) is 0. The maximum Gasteiger partial charge on any atom is 0.194 e. The van der Waals surface area contributed by atoms with Gasteiger partial charge in [0.05, 0.1) is 40.6 Å². The Morgan fingerprint density at radius 1 is 0.405 bits per heavy atom. The molecule has 0 saturated heterocycles. The largest absolute Gasteiger partial charge is 0.497 e. The molecule has 0 bridgehead atoms. The van der Waals surface area contributed by atoms with Gasteiger partial charge in [-0.05, 0) is 95.1 Å². The van der Waals surface area contributed by atoms with Crippen molar-refractivity contribution in [2.45, 2.75) is 0 Å². The molecular formula is C34H30O8. The molecule has 42 heavy (non-hydrogen) atoms. The first kappa shape index (κ1) is 27.5. The second-order valence-electron chi connectivity index (χ2n) is 9.82. The molecule has 0 atom stereocenters. The lowest BCUT2D eigenvalue weighted by atomic mass is 10.1. The summed E-state index contributed by atoms with van der Waals surface area (Å²) in [6.07, 6.45) is 0. The standard InChI is InChI=1S/C34H30O8/c1-37-21-3-7-25-27-9-5-23(19-31(27)33(35)29(25)17-21)41-15-13-39-11-12-40-14-16-42-24-6-10-28-26-8-4-22(38-2)18-30(26)34(36)32(28)20-24/h3-10,17-20H,11-16H2,1-2H3. The van der Waals surface area contributed by atoms with Crippen LogP contribution in [0.1, 0.15) is 31.8 Å². The molecule has 0 aromatic heterocycles. The normalized spacial score (nSPS) is 12.4. The summed E-state index contributed by atoms with van der Waals surface area (Å²) < 4.78 is 33.3. The SMILES string of the molecule is COc1ccc2c(c1)C(=O)c1cc(OCCOCCOCCOc3ccc4c(c3)C(=O)c3cc(OC)ccc3-4)ccc1-2. The van der Waals surface area contributed by atoms with Gasteiger partial charge < -0.3 is 28.4 Å². The molecule has 0 spiro atoms. The third-order valence-electron chi connectivity index (χ3n) is 7.36. The lowest BCUT2D eigenvalue weighted by Crippen LogP contribution is -2.13. The minimum Gasteiger partial charge on any atom is -0.497 e. The van der Waals surface area contributed by atoms with E-state index in [1.54, 1.807) is 38.5 Å². The summed E-state index contributed by atoms with van der Waals surface area (Å²) in [6, 6.07) is 22.2. The van der Waals surface area contributed by atoms with Crippen LogP contribution in [0.3, 0.4) is 0 Å². The Kier molecular flexibility index (Phi) is 7.90. The van der Waals surface area contributed by atoms with Gasteiger partial charge >= 0.3 is 0 Å². The summed E-state index contributed by atoms with van der Waals surface area (Å²) in [5.74, 6) is 2.50. The highest BCUT2D eigenvalue weighted by Crippen LogP contribution is 2.41. The molecule has 0 heterocycles. The number of rotatable bonds is 13. The molecule has 8 nitrogen and oxygen atoms in total. The van der Waals surface area contributed by atoms with Crippen molar-refractivity contribution in [1.82, 2.24) is 0 Å². The fourth-order valence-electron chi connectivity index (χ4n) is 5.27. The second-order valence-corrected chi connectivity index (χ2v) is 9.82. The Labute approximate surface area is 243 Å². The molecule has 214 valence electrons. The summed E-state index contributed by atoms with van der Waals surface area (Å²) >= 11 is 0. The van der Waals surface area contributed by atoms with Gasteiger partial charge in [-0.25, -0.2) is 0 Å². The van der Waals surface area contributed by atoms with Crippen LogP contribution in [0.2, 0.25) is 0 Å². The van der Waals surface area contributed by atoms with Crippen LogP contribution in [0.5, 0.6) is 23.0 Å². The molecular weight excluding hydrogens is 536 g/mol. The lowest BCUT2D eigenvalue weighted by molar-refractivity contribution is 0.0273. The lowest BCUT2D eigenvalue weighted by Gasteiger charge is -2.10. The molecule has 0 aliphatic heterocycles. The van der Waals surface area contributed by atoms with Gasteiger partial charge in [-0.2, -0.15) is 0 Å². The Morgan fingerprint density at radius 2 is 0.714 bits per heavy atom. The van der Waals surface area contributed by atoms with Crippen molar-refractivity contribution in [3.05, 3.63) is 95.1 Å². The van der Waals surface area contributed by atoms with Crippen molar-refractivity contribution in [2.75, 3.05) is 53.9 Å². The van der Waals surface area contributed by atoms with E-state index in [1.165, 1.54) is 0 Å². The summed E-state index contributed by atoms with van der Waals surface area (Å²) in [7, 11) is 3.17. The van der Waals surface area contributed by atoms with Crippen LogP contribution < -0.4 is 18.9 Å². The van der Waals surface area contributed by atoms with Crippen molar-refractivity contribution in [2.24, 2.45) is 0 Å². The zero-order valence-electron chi connectivity index (χ0n) is 23.4. The van der Waals surface area contributed by atoms with Gasteiger partial charge in [-0.15, -0.1) is 0 Å². The number of fused-ring (bicyclic) bond motifs is 6. The van der Waals surface area contributed by atoms with Crippen molar-refractivity contribution < 1.29 is 38.0 Å². The highest BCUT2D eigenvalue weighted by Gasteiger charge is 2.28. The Morgan fingerprint density at radius 3 is 1.07 bits per heavy atom. The van der Waals surface area contributed by atoms with E-state index in [0.29, 0.717) is 84.9 Å². The number of carbonyl (C=O) groups is 2. The monoisotopic (exact) mass is 566 g/mol. The maximum atomic E-state index is 12.9. The predicted octanol–water partition coefficient (Wildman–Crippen LogP) is 5.62. The predicted molar refractivity (Wildman–Crippen MR) is 156 cm³/mol. The average molecular weight is 567 g/mol. The molecule has 0 N–H and O–H groups in total. The van der Waals surface area contributed by atoms with Crippen LogP contribution in [0.4, 0.5) is 0 Å². The average Bonchev–Trinajstić information content (AvgIpc) is 3.47. The van der Waals surface area contributed by atoms with Crippen LogP contribution in [-0.2, 0) is 9.47 Å². The van der Waals surface area contributed by atoms with E-state index in [9.17, 15) is 9.59 Å². The van der Waals surface area contributed by atoms with E-state index < -0.39 is 0 Å². The number of hydrogen-bond acceptors (Lipinski definition) is 8. The van der Waals surface area contributed by atoms with E-state index in [4.69, 9.17) is 28.4 Å². The van der Waals surface area contributed by atoms with Gasteiger partial charge in [0, 0.05) is 22.3 Å². The molecule has 0 unspecified atom stereocenters. The van der Waals surface area contributed by atoms with E-state index in [0.717, 1.165) is 22.3 Å². The van der Waals surface area contributed by atoms with Crippen molar-refractivity contribution in [3.63, 3.8) is 0 Å². The molecule has 4 aromatic rings. The van der Waals surface area contributed by atoms with E-state index in [2.05, 4.69) is 0 Å². The first-order valence-electron chi connectivity index (χ1n) is 13.7. The van der Waals surface area contributed by atoms with Crippen LogP contribution in [-0.4, -0.2) is 65.4 Å². The van der Waals surface area contributed by atoms with Crippen LogP contribution in [0.25, 0.3) is 22.3 Å². The second kappa shape index (κ2) is 12.1. The van der Waals surface area contributed by atoms with Crippen LogP contribution >= 0.6 is 0 Å². The van der Waals surface area contributed by atoms with Gasteiger partial charge in [0.1, 0.15) is 36.2 Å². The third-order valence-corrected chi connectivity index (χ3v) is 7.36. The number of ketones is 2. The molecule has 0 fully saturated rings. The van der Waals surface area contributed by atoms with Crippen LogP contribution in [0, 0.1) is 0 Å². The Bertz CT molecular complexity index is 1530. The smallest absolute Gasteiger partial charge is 0.194 e. The maximum absolute atomic E-state index is 12.9. The number of carbonyl (C=O) groups excluding carboxylic acids is 2. The summed E-state index contributed by atoms with van der Waals surface area (Å²) in [4.78, 5) is 25.7. The highest BCUT2D eigenvalue weighted by atomic mass is 16.6. The molecule has 2 aliphatic carbocycles. The van der Waals surface area contributed by atoms with E-state index in [-0.39, 0.29) is 11.6 Å². The molecule has 4 aromatic carbocycles.